The lowest BCUT2D eigenvalue weighted by Gasteiger charge is -2.06. The van der Waals surface area contributed by atoms with Gasteiger partial charge in [-0.3, -0.25) is 0 Å². The molecule has 4 nitrogen and oxygen atoms in total. The molecule has 2 aromatic heterocycles. The van der Waals surface area contributed by atoms with E-state index in [4.69, 9.17) is 10.3 Å². The zero-order chi connectivity index (χ0) is 14.8. The highest BCUT2D eigenvalue weighted by molar-refractivity contribution is 7.08. The number of hydrogen-bond donors (Lipinski definition) is 1. The molecule has 1 aromatic carbocycles. The number of anilines is 1. The molecule has 7 heteroatoms. The molecule has 2 heterocycles. The number of nitrogens with two attached hydrogens (primary N) is 1. The van der Waals surface area contributed by atoms with E-state index < -0.39 is 6.61 Å². The van der Waals surface area contributed by atoms with Gasteiger partial charge in [-0.1, -0.05) is 17.3 Å². The van der Waals surface area contributed by atoms with E-state index in [-0.39, 0.29) is 11.6 Å². The molecule has 0 unspecified atom stereocenters. The average molecular weight is 308 g/mol. The molecule has 0 fully saturated rings. The number of benzene rings is 1. The lowest BCUT2D eigenvalue weighted by Crippen LogP contribution is -2.01. The molecule has 2 N–H and O–H groups in total. The SMILES string of the molecule is Nc1noc(-c2ccsc2)c1-c1ccc(OC(F)F)cc1. The van der Waals surface area contributed by atoms with Gasteiger partial charge in [0.2, 0.25) is 0 Å². The first kappa shape index (κ1) is 13.6. The quantitative estimate of drug-likeness (QED) is 0.782. The molecule has 0 radical (unpaired) electrons. The molecule has 0 saturated carbocycles. The fourth-order valence-corrected chi connectivity index (χ4v) is 2.61. The summed E-state index contributed by atoms with van der Waals surface area (Å²) in [5, 5.41) is 7.60. The topological polar surface area (TPSA) is 61.3 Å². The van der Waals surface area contributed by atoms with Crippen molar-refractivity contribution < 1.29 is 18.0 Å². The zero-order valence-electron chi connectivity index (χ0n) is 10.6. The minimum absolute atomic E-state index is 0.0841. The van der Waals surface area contributed by atoms with Crippen molar-refractivity contribution in [3.8, 4) is 28.2 Å². The van der Waals surface area contributed by atoms with Gasteiger partial charge in [0.1, 0.15) is 5.75 Å². The molecule has 0 aliphatic carbocycles. The summed E-state index contributed by atoms with van der Waals surface area (Å²) in [6.45, 7) is -2.85. The predicted octanol–water partition coefficient (Wildman–Crippen LogP) is 4.25. The van der Waals surface area contributed by atoms with E-state index in [1.165, 1.54) is 23.5 Å². The second-order valence-corrected chi connectivity index (χ2v) is 4.97. The monoisotopic (exact) mass is 308 g/mol. The van der Waals surface area contributed by atoms with E-state index >= 15 is 0 Å². The van der Waals surface area contributed by atoms with Gasteiger partial charge in [-0.05, 0) is 29.1 Å². The summed E-state index contributed by atoms with van der Waals surface area (Å²) >= 11 is 1.52. The summed E-state index contributed by atoms with van der Waals surface area (Å²) in [6.07, 6.45) is 0. The first-order chi connectivity index (χ1) is 10.1. The summed E-state index contributed by atoms with van der Waals surface area (Å²) in [5.41, 5.74) is 8.07. The Morgan fingerprint density at radius 3 is 2.52 bits per heavy atom. The van der Waals surface area contributed by atoms with E-state index in [0.717, 1.165) is 11.1 Å². The van der Waals surface area contributed by atoms with Crippen molar-refractivity contribution >= 4 is 17.2 Å². The highest BCUT2D eigenvalue weighted by atomic mass is 32.1. The van der Waals surface area contributed by atoms with Crippen LogP contribution in [0, 0.1) is 0 Å². The van der Waals surface area contributed by atoms with Gasteiger partial charge in [-0.2, -0.15) is 20.1 Å². The van der Waals surface area contributed by atoms with Gasteiger partial charge in [-0.15, -0.1) is 0 Å². The van der Waals surface area contributed by atoms with Gasteiger partial charge in [0.25, 0.3) is 0 Å². The summed E-state index contributed by atoms with van der Waals surface area (Å²) in [6, 6.07) is 8.06. The van der Waals surface area contributed by atoms with Crippen LogP contribution in [0.25, 0.3) is 22.5 Å². The number of ether oxygens (including phenoxy) is 1. The van der Waals surface area contributed by atoms with Crippen LogP contribution >= 0.6 is 11.3 Å². The van der Waals surface area contributed by atoms with Gasteiger partial charge >= 0.3 is 6.61 Å². The minimum atomic E-state index is -2.85. The van der Waals surface area contributed by atoms with Crippen molar-refractivity contribution in [2.45, 2.75) is 6.61 Å². The molecule has 3 rings (SSSR count). The van der Waals surface area contributed by atoms with Crippen LogP contribution in [0.15, 0.2) is 45.6 Å². The first-order valence-corrected chi connectivity index (χ1v) is 6.92. The molecule has 0 aliphatic heterocycles. The molecule has 0 spiro atoms. The van der Waals surface area contributed by atoms with Crippen LogP contribution in [0.4, 0.5) is 14.6 Å². The largest absolute Gasteiger partial charge is 0.435 e. The number of rotatable bonds is 4. The fourth-order valence-electron chi connectivity index (χ4n) is 1.98. The average Bonchev–Trinajstić information content (AvgIpc) is 3.08. The predicted molar refractivity (Wildman–Crippen MR) is 76.3 cm³/mol. The molecule has 0 atom stereocenters. The summed E-state index contributed by atoms with van der Waals surface area (Å²) < 4.78 is 33.9. The molecular weight excluding hydrogens is 298 g/mol. The third-order valence-corrected chi connectivity index (χ3v) is 3.55. The highest BCUT2D eigenvalue weighted by Crippen LogP contribution is 2.37. The maximum Gasteiger partial charge on any atom is 0.387 e. The standard InChI is InChI=1S/C14H10F2N2O2S/c15-14(16)19-10-3-1-8(2-4-10)11-12(20-18-13(11)17)9-5-6-21-7-9/h1-7,14H,(H2,17,18). The van der Waals surface area contributed by atoms with E-state index in [2.05, 4.69) is 9.89 Å². The lowest BCUT2D eigenvalue weighted by molar-refractivity contribution is -0.0498. The summed E-state index contributed by atoms with van der Waals surface area (Å²) in [7, 11) is 0. The van der Waals surface area contributed by atoms with Crippen LogP contribution in [-0.4, -0.2) is 11.8 Å². The number of halogens is 2. The Labute approximate surface area is 122 Å². The van der Waals surface area contributed by atoms with E-state index in [0.29, 0.717) is 11.3 Å². The highest BCUT2D eigenvalue weighted by Gasteiger charge is 2.18. The second kappa shape index (κ2) is 5.53. The number of hydrogen-bond acceptors (Lipinski definition) is 5. The van der Waals surface area contributed by atoms with E-state index in [1.807, 2.05) is 16.8 Å². The van der Waals surface area contributed by atoms with Crippen molar-refractivity contribution in [3.05, 3.63) is 41.1 Å². The number of aromatic nitrogens is 1. The zero-order valence-corrected chi connectivity index (χ0v) is 11.4. The summed E-state index contributed by atoms with van der Waals surface area (Å²) in [5.74, 6) is 0.885. The Hall–Kier alpha value is -2.41. The number of alkyl halides is 2. The van der Waals surface area contributed by atoms with Gasteiger partial charge in [0.15, 0.2) is 11.6 Å². The van der Waals surface area contributed by atoms with Crippen LogP contribution in [0.3, 0.4) is 0 Å². The van der Waals surface area contributed by atoms with Crippen molar-refractivity contribution in [1.29, 1.82) is 0 Å². The van der Waals surface area contributed by atoms with Crippen LogP contribution in [0.5, 0.6) is 5.75 Å². The second-order valence-electron chi connectivity index (χ2n) is 4.19. The Kier molecular flexibility index (Phi) is 3.57. The number of thiophene rings is 1. The Balaban J connectivity index is 1.99. The van der Waals surface area contributed by atoms with Crippen LogP contribution in [0.1, 0.15) is 0 Å². The number of nitrogen functional groups attached to an aromatic ring is 1. The lowest BCUT2D eigenvalue weighted by atomic mass is 10.0. The molecule has 0 amide bonds. The van der Waals surface area contributed by atoms with E-state index in [9.17, 15) is 8.78 Å². The van der Waals surface area contributed by atoms with Gasteiger partial charge < -0.3 is 15.0 Å². The summed E-state index contributed by atoms with van der Waals surface area (Å²) in [4.78, 5) is 0. The smallest absolute Gasteiger partial charge is 0.387 e. The van der Waals surface area contributed by atoms with Crippen LogP contribution in [0.2, 0.25) is 0 Å². The number of nitrogens with zero attached hydrogens (tertiary/aromatic N) is 1. The Bertz CT molecular complexity index is 724. The third kappa shape index (κ3) is 2.73. The Morgan fingerprint density at radius 2 is 1.90 bits per heavy atom. The molecule has 3 aromatic rings. The van der Waals surface area contributed by atoms with Gasteiger partial charge in [0, 0.05) is 10.9 Å². The van der Waals surface area contributed by atoms with Gasteiger partial charge in [-0.25, -0.2) is 0 Å². The van der Waals surface area contributed by atoms with Crippen molar-refractivity contribution in [2.75, 3.05) is 5.73 Å². The van der Waals surface area contributed by atoms with Crippen molar-refractivity contribution in [2.24, 2.45) is 0 Å². The molecule has 108 valence electrons. The van der Waals surface area contributed by atoms with Crippen molar-refractivity contribution in [1.82, 2.24) is 5.16 Å². The molecule has 0 saturated heterocycles. The molecular formula is C14H10F2N2O2S. The minimum Gasteiger partial charge on any atom is -0.435 e. The van der Waals surface area contributed by atoms with Crippen molar-refractivity contribution in [3.63, 3.8) is 0 Å². The maximum absolute atomic E-state index is 12.1. The molecule has 21 heavy (non-hydrogen) atoms. The van der Waals surface area contributed by atoms with Crippen LogP contribution in [-0.2, 0) is 0 Å². The van der Waals surface area contributed by atoms with E-state index in [1.54, 1.807) is 12.1 Å². The molecule has 0 aliphatic rings. The van der Waals surface area contributed by atoms with Gasteiger partial charge in [0.05, 0.1) is 5.56 Å². The molecule has 0 bridgehead atoms. The first-order valence-electron chi connectivity index (χ1n) is 5.98. The van der Waals surface area contributed by atoms with Crippen LogP contribution < -0.4 is 10.5 Å². The third-order valence-electron chi connectivity index (χ3n) is 2.87. The fraction of sp³-hybridized carbons (Fsp3) is 0.0714. The maximum atomic E-state index is 12.1. The normalized spacial score (nSPS) is 11.0. The Morgan fingerprint density at radius 1 is 1.14 bits per heavy atom.